The lowest BCUT2D eigenvalue weighted by molar-refractivity contribution is 0.0571. The van der Waals surface area contributed by atoms with Gasteiger partial charge < -0.3 is 15.2 Å². The van der Waals surface area contributed by atoms with Crippen LogP contribution in [0.3, 0.4) is 0 Å². The second-order valence-corrected chi connectivity index (χ2v) is 4.78. The molecule has 18 heavy (non-hydrogen) atoms. The zero-order valence-electron chi connectivity index (χ0n) is 10.2. The van der Waals surface area contributed by atoms with Gasteiger partial charge in [-0.3, -0.25) is 0 Å². The highest BCUT2D eigenvalue weighted by atomic mass is 19.1. The number of hydrogen-bond donors (Lipinski definition) is 2. The molecule has 1 unspecified atom stereocenters. The Morgan fingerprint density at radius 3 is 2.89 bits per heavy atom. The van der Waals surface area contributed by atoms with Crippen molar-refractivity contribution in [2.24, 2.45) is 0 Å². The van der Waals surface area contributed by atoms with Crippen molar-refractivity contribution in [3.05, 3.63) is 29.6 Å². The average molecular weight is 253 g/mol. The molecule has 0 radical (unpaired) electrons. The summed E-state index contributed by atoms with van der Waals surface area (Å²) >= 11 is 0. The second-order valence-electron chi connectivity index (χ2n) is 4.78. The van der Waals surface area contributed by atoms with E-state index >= 15 is 0 Å². The standard InChI is InChI=1S/C13H16FNO3/c1-13(5-2-6-15-8-13)18-11-4-3-9(12(16)17)7-10(11)14/h3-4,7,15H,2,5-6,8H2,1H3,(H,16,17). The van der Waals surface area contributed by atoms with E-state index in [0.717, 1.165) is 25.5 Å². The topological polar surface area (TPSA) is 58.6 Å². The summed E-state index contributed by atoms with van der Waals surface area (Å²) in [6, 6.07) is 3.70. The van der Waals surface area contributed by atoms with Gasteiger partial charge in [-0.25, -0.2) is 9.18 Å². The summed E-state index contributed by atoms with van der Waals surface area (Å²) in [6.45, 7) is 3.52. The van der Waals surface area contributed by atoms with Gasteiger partial charge in [0.2, 0.25) is 0 Å². The van der Waals surface area contributed by atoms with E-state index < -0.39 is 17.4 Å². The molecule has 4 nitrogen and oxygen atoms in total. The number of halogens is 1. The van der Waals surface area contributed by atoms with Crippen LogP contribution in [-0.4, -0.2) is 29.8 Å². The molecule has 1 saturated heterocycles. The van der Waals surface area contributed by atoms with Gasteiger partial charge >= 0.3 is 5.97 Å². The first kappa shape index (κ1) is 12.8. The molecule has 98 valence electrons. The molecule has 0 aliphatic carbocycles. The molecule has 1 aromatic carbocycles. The van der Waals surface area contributed by atoms with Crippen molar-refractivity contribution < 1.29 is 19.0 Å². The molecule has 1 fully saturated rings. The Kier molecular flexibility index (Phi) is 3.52. The summed E-state index contributed by atoms with van der Waals surface area (Å²) < 4.78 is 19.4. The van der Waals surface area contributed by atoms with Crippen LogP contribution in [0.5, 0.6) is 5.75 Å². The minimum atomic E-state index is -1.15. The van der Waals surface area contributed by atoms with Crippen LogP contribution in [0.15, 0.2) is 18.2 Å². The minimum absolute atomic E-state index is 0.0771. The quantitative estimate of drug-likeness (QED) is 0.865. The Hall–Kier alpha value is -1.62. The van der Waals surface area contributed by atoms with E-state index in [9.17, 15) is 9.18 Å². The first-order chi connectivity index (χ1) is 8.50. The zero-order chi connectivity index (χ0) is 13.2. The molecule has 0 amide bonds. The Balaban J connectivity index is 2.16. The van der Waals surface area contributed by atoms with E-state index in [1.807, 2.05) is 6.92 Å². The van der Waals surface area contributed by atoms with Crippen LogP contribution in [0.25, 0.3) is 0 Å². The average Bonchev–Trinajstić information content (AvgIpc) is 2.32. The second kappa shape index (κ2) is 4.94. The van der Waals surface area contributed by atoms with Gasteiger partial charge in [-0.05, 0) is 44.5 Å². The number of nitrogens with one attached hydrogen (secondary N) is 1. The summed E-state index contributed by atoms with van der Waals surface area (Å²) in [7, 11) is 0. The van der Waals surface area contributed by atoms with Crippen LogP contribution in [0.2, 0.25) is 0 Å². The molecule has 0 saturated carbocycles. The number of rotatable bonds is 3. The maximum atomic E-state index is 13.7. The van der Waals surface area contributed by atoms with Gasteiger partial charge in [-0.15, -0.1) is 0 Å². The fraction of sp³-hybridized carbons (Fsp3) is 0.462. The van der Waals surface area contributed by atoms with Gasteiger partial charge in [0.25, 0.3) is 0 Å². The van der Waals surface area contributed by atoms with Crippen molar-refractivity contribution in [3.8, 4) is 5.75 Å². The predicted molar refractivity (Wildman–Crippen MR) is 64.5 cm³/mol. The van der Waals surface area contributed by atoms with E-state index in [-0.39, 0.29) is 11.3 Å². The molecular weight excluding hydrogens is 237 g/mol. The largest absolute Gasteiger partial charge is 0.483 e. The van der Waals surface area contributed by atoms with Crippen LogP contribution in [0.1, 0.15) is 30.1 Å². The number of aromatic carboxylic acids is 1. The highest BCUT2D eigenvalue weighted by Gasteiger charge is 2.29. The summed E-state index contributed by atoms with van der Waals surface area (Å²) in [5, 5.41) is 12.0. The van der Waals surface area contributed by atoms with Crippen LogP contribution < -0.4 is 10.1 Å². The minimum Gasteiger partial charge on any atom is -0.483 e. The molecule has 0 aromatic heterocycles. The zero-order valence-corrected chi connectivity index (χ0v) is 10.2. The van der Waals surface area contributed by atoms with Gasteiger partial charge in [-0.1, -0.05) is 0 Å². The molecular formula is C13H16FNO3. The molecule has 1 heterocycles. The van der Waals surface area contributed by atoms with E-state index in [1.165, 1.54) is 12.1 Å². The van der Waals surface area contributed by atoms with Crippen LogP contribution >= 0.6 is 0 Å². The number of carbonyl (C=O) groups is 1. The van der Waals surface area contributed by atoms with Crippen LogP contribution in [0, 0.1) is 5.82 Å². The van der Waals surface area contributed by atoms with Gasteiger partial charge in [0, 0.05) is 6.54 Å². The van der Waals surface area contributed by atoms with Crippen molar-refractivity contribution >= 4 is 5.97 Å². The van der Waals surface area contributed by atoms with E-state index in [0.29, 0.717) is 6.54 Å². The Bertz CT molecular complexity index is 456. The number of carboxylic acid groups (broad SMARTS) is 1. The number of piperidine rings is 1. The number of carboxylic acids is 1. The van der Waals surface area contributed by atoms with Crippen molar-refractivity contribution in [3.63, 3.8) is 0 Å². The Labute approximate surface area is 105 Å². The summed E-state index contributed by atoms with van der Waals surface area (Å²) in [6.07, 6.45) is 1.82. The number of benzene rings is 1. The highest BCUT2D eigenvalue weighted by molar-refractivity contribution is 5.87. The van der Waals surface area contributed by atoms with Crippen molar-refractivity contribution in [1.29, 1.82) is 0 Å². The number of ether oxygens (including phenoxy) is 1. The molecule has 1 aromatic rings. The maximum Gasteiger partial charge on any atom is 0.335 e. The third-order valence-corrected chi connectivity index (χ3v) is 3.09. The normalized spacial score (nSPS) is 23.7. The Morgan fingerprint density at radius 2 is 2.33 bits per heavy atom. The first-order valence-electron chi connectivity index (χ1n) is 5.93. The molecule has 2 N–H and O–H groups in total. The molecule has 0 bridgehead atoms. The van der Waals surface area contributed by atoms with Gasteiger partial charge in [0.1, 0.15) is 5.60 Å². The monoisotopic (exact) mass is 253 g/mol. The predicted octanol–water partition coefficient (Wildman–Crippen LogP) is 2.04. The molecule has 2 rings (SSSR count). The molecule has 0 spiro atoms. The van der Waals surface area contributed by atoms with Gasteiger partial charge in [0.05, 0.1) is 5.56 Å². The van der Waals surface area contributed by atoms with Gasteiger partial charge in [0.15, 0.2) is 11.6 Å². The van der Waals surface area contributed by atoms with E-state index in [2.05, 4.69) is 5.32 Å². The SMILES string of the molecule is CC1(Oc2ccc(C(=O)O)cc2F)CCCNC1. The summed E-state index contributed by atoms with van der Waals surface area (Å²) in [4.78, 5) is 10.7. The molecule has 5 heteroatoms. The Morgan fingerprint density at radius 1 is 1.56 bits per heavy atom. The van der Waals surface area contributed by atoms with Crippen LogP contribution in [0.4, 0.5) is 4.39 Å². The van der Waals surface area contributed by atoms with Crippen molar-refractivity contribution in [2.45, 2.75) is 25.4 Å². The summed E-state index contributed by atoms with van der Waals surface area (Å²) in [5.74, 6) is -1.68. The first-order valence-corrected chi connectivity index (χ1v) is 5.93. The lowest BCUT2D eigenvalue weighted by Crippen LogP contribution is -2.47. The van der Waals surface area contributed by atoms with E-state index in [1.54, 1.807) is 0 Å². The fourth-order valence-corrected chi connectivity index (χ4v) is 2.10. The van der Waals surface area contributed by atoms with E-state index in [4.69, 9.17) is 9.84 Å². The smallest absolute Gasteiger partial charge is 0.335 e. The third kappa shape index (κ3) is 2.79. The third-order valence-electron chi connectivity index (χ3n) is 3.09. The number of hydrogen-bond acceptors (Lipinski definition) is 3. The fourth-order valence-electron chi connectivity index (χ4n) is 2.10. The van der Waals surface area contributed by atoms with Gasteiger partial charge in [-0.2, -0.15) is 0 Å². The van der Waals surface area contributed by atoms with Crippen LogP contribution in [-0.2, 0) is 0 Å². The lowest BCUT2D eigenvalue weighted by atomic mass is 9.96. The lowest BCUT2D eigenvalue weighted by Gasteiger charge is -2.34. The summed E-state index contributed by atoms with van der Waals surface area (Å²) in [5.41, 5.74) is -0.518. The van der Waals surface area contributed by atoms with Crippen molar-refractivity contribution in [2.75, 3.05) is 13.1 Å². The molecule has 1 atom stereocenters. The molecule has 1 aliphatic rings. The maximum absolute atomic E-state index is 13.7. The highest BCUT2D eigenvalue weighted by Crippen LogP contribution is 2.27. The molecule has 1 aliphatic heterocycles. The van der Waals surface area contributed by atoms with Crippen molar-refractivity contribution in [1.82, 2.24) is 5.32 Å².